The highest BCUT2D eigenvalue weighted by Crippen LogP contribution is 2.33. The van der Waals surface area contributed by atoms with Crippen LogP contribution in [0.2, 0.25) is 0 Å². The van der Waals surface area contributed by atoms with Gasteiger partial charge in [0.1, 0.15) is 0 Å². The molecule has 0 saturated heterocycles. The molecule has 0 spiro atoms. The van der Waals surface area contributed by atoms with Crippen LogP contribution >= 0.6 is 15.8 Å². The molecule has 9 rings (SSSR count). The van der Waals surface area contributed by atoms with Gasteiger partial charge in [-0.3, -0.25) is 0 Å². The van der Waals surface area contributed by atoms with Gasteiger partial charge in [0.15, 0.2) is 0 Å². The Morgan fingerprint density at radius 3 is 0.474 bits per heavy atom. The second kappa shape index (κ2) is 21.3. The second-order valence-electron chi connectivity index (χ2n) is 13.3. The predicted octanol–water partition coefficient (Wildman–Crippen LogP) is 9.09. The van der Waals surface area contributed by atoms with Crippen molar-refractivity contribution in [2.24, 2.45) is 0 Å². The third-order valence-corrected chi connectivity index (χ3v) is 14.4. The maximum Gasteiger partial charge on any atom is 0.241 e. The Morgan fingerprint density at radius 1 is 0.175 bits per heavy atom. The van der Waals surface area contributed by atoms with Gasteiger partial charge >= 0.3 is 0 Å². The van der Waals surface area contributed by atoms with Crippen LogP contribution in [-0.4, -0.2) is 6.71 Å². The van der Waals surface area contributed by atoms with Crippen LogP contribution in [0.1, 0.15) is 0 Å². The number of hydrogen-bond acceptors (Lipinski definition) is 0. The highest BCUT2D eigenvalue weighted by atomic mass is 31.1. The fourth-order valence-electron chi connectivity index (χ4n) is 6.87. The number of hydrogen-bond donors (Lipinski definition) is 0. The molecule has 0 radical (unpaired) electrons. The Hall–Kier alpha value is -6.10. The maximum atomic E-state index is 2.23. The summed E-state index contributed by atoms with van der Waals surface area (Å²) in [7, 11) is -0.892. The van der Waals surface area contributed by atoms with Gasteiger partial charge in [-0.2, -0.15) is 0 Å². The molecule has 57 heavy (non-hydrogen) atoms. The minimum Gasteiger partial charge on any atom is -0.0687 e. The molecule has 9 aromatic rings. The van der Waals surface area contributed by atoms with Gasteiger partial charge in [0.05, 0.1) is 0 Å². The summed E-state index contributed by atoms with van der Waals surface area (Å²) in [5.41, 5.74) is 4.00. The van der Waals surface area contributed by atoms with Gasteiger partial charge in [0.2, 0.25) is 6.71 Å². The average Bonchev–Trinajstić information content (AvgIpc) is 3.30. The molecule has 0 saturated carbocycles. The quantitative estimate of drug-likeness (QED) is 0.102. The SMILES string of the molecule is c1ccc(B(c2ccccc2)c2ccccc2)cc1.c1ccc(P(c2ccccc2)c2ccccc2)cc1.c1ccc(P(c2ccccc2)c2ccccc2)cc1. The van der Waals surface area contributed by atoms with Crippen molar-refractivity contribution in [3.63, 3.8) is 0 Å². The standard InChI is InChI=1S/C18H15B.2C18H15P/c3*1-4-10-16(11-5-1)19(17-12-6-2-7-13-17)18-14-8-3-9-15-18/h3*1-15H. The molecule has 0 aliphatic carbocycles. The lowest BCUT2D eigenvalue weighted by molar-refractivity contribution is 1.71. The van der Waals surface area contributed by atoms with Gasteiger partial charge in [-0.1, -0.05) is 289 Å². The molecule has 0 bridgehead atoms. The Kier molecular flexibility index (Phi) is 14.6. The average molecular weight is 767 g/mol. The van der Waals surface area contributed by atoms with Gasteiger partial charge < -0.3 is 0 Å². The zero-order chi connectivity index (χ0) is 38.7. The fraction of sp³-hybridized carbons (Fsp3) is 0. The molecule has 0 atom stereocenters. The van der Waals surface area contributed by atoms with Gasteiger partial charge in [-0.05, 0) is 47.7 Å². The van der Waals surface area contributed by atoms with Crippen LogP contribution < -0.4 is 48.2 Å². The van der Waals surface area contributed by atoms with E-state index in [-0.39, 0.29) is 0 Å². The third kappa shape index (κ3) is 11.0. The molecule has 0 fully saturated rings. The normalized spacial score (nSPS) is 10.4. The van der Waals surface area contributed by atoms with Crippen molar-refractivity contribution in [2.75, 3.05) is 0 Å². The van der Waals surface area contributed by atoms with Crippen LogP contribution in [0.4, 0.5) is 0 Å². The second-order valence-corrected chi connectivity index (χ2v) is 17.8. The lowest BCUT2D eigenvalue weighted by atomic mass is 9.37. The van der Waals surface area contributed by atoms with E-state index in [2.05, 4.69) is 273 Å². The van der Waals surface area contributed by atoms with Crippen LogP contribution in [0.25, 0.3) is 0 Å². The van der Waals surface area contributed by atoms with Crippen molar-refractivity contribution in [3.8, 4) is 0 Å². The minimum absolute atomic E-state index is 0.309. The molecule has 0 nitrogen and oxygen atoms in total. The maximum absolute atomic E-state index is 2.23. The summed E-state index contributed by atoms with van der Waals surface area (Å²) in [5.74, 6) is 0. The first kappa shape index (κ1) is 39.2. The summed E-state index contributed by atoms with van der Waals surface area (Å²) < 4.78 is 0. The summed E-state index contributed by atoms with van der Waals surface area (Å²) in [6.45, 7) is 0.309. The first-order valence-electron chi connectivity index (χ1n) is 19.4. The van der Waals surface area contributed by atoms with Crippen LogP contribution in [0.15, 0.2) is 273 Å². The summed E-state index contributed by atoms with van der Waals surface area (Å²) in [5, 5.41) is 8.39. The zero-order valence-electron chi connectivity index (χ0n) is 32.0. The van der Waals surface area contributed by atoms with E-state index >= 15 is 0 Å². The summed E-state index contributed by atoms with van der Waals surface area (Å²) in [6, 6.07) is 96.7. The first-order chi connectivity index (χ1) is 28.3. The number of rotatable bonds is 9. The zero-order valence-corrected chi connectivity index (χ0v) is 33.7. The topological polar surface area (TPSA) is 0 Å². The van der Waals surface area contributed by atoms with E-state index in [1.807, 2.05) is 0 Å². The Labute approximate surface area is 342 Å². The molecule has 0 unspecified atom stereocenters. The third-order valence-electron chi connectivity index (χ3n) is 9.49. The van der Waals surface area contributed by atoms with Crippen LogP contribution in [-0.2, 0) is 0 Å². The van der Waals surface area contributed by atoms with Crippen molar-refractivity contribution in [3.05, 3.63) is 273 Å². The van der Waals surface area contributed by atoms with Crippen LogP contribution in [0, 0.1) is 0 Å². The van der Waals surface area contributed by atoms with E-state index in [1.165, 1.54) is 48.2 Å². The van der Waals surface area contributed by atoms with E-state index in [4.69, 9.17) is 0 Å². The fourth-order valence-corrected chi connectivity index (χ4v) is 11.5. The molecular formula is C54H45BP2. The Balaban J connectivity index is 0.000000131. The molecule has 3 heteroatoms. The molecule has 9 aromatic carbocycles. The molecule has 274 valence electrons. The first-order valence-corrected chi connectivity index (χ1v) is 22.1. The van der Waals surface area contributed by atoms with E-state index < -0.39 is 15.8 Å². The molecule has 0 aliphatic heterocycles. The highest BCUT2D eigenvalue weighted by molar-refractivity contribution is 7.80. The van der Waals surface area contributed by atoms with Crippen molar-refractivity contribution in [1.82, 2.24) is 0 Å². The molecule has 0 aromatic heterocycles. The molecular weight excluding hydrogens is 721 g/mol. The van der Waals surface area contributed by atoms with Crippen molar-refractivity contribution in [1.29, 1.82) is 0 Å². The smallest absolute Gasteiger partial charge is 0.0687 e. The van der Waals surface area contributed by atoms with E-state index in [9.17, 15) is 0 Å². The van der Waals surface area contributed by atoms with Gasteiger partial charge in [-0.25, -0.2) is 0 Å². The molecule has 0 amide bonds. The highest BCUT2D eigenvalue weighted by Gasteiger charge is 2.20. The van der Waals surface area contributed by atoms with E-state index in [0.717, 1.165) is 0 Å². The predicted molar refractivity (Wildman–Crippen MR) is 254 cm³/mol. The van der Waals surface area contributed by atoms with Gasteiger partial charge in [-0.15, -0.1) is 0 Å². The molecule has 0 heterocycles. The van der Waals surface area contributed by atoms with Crippen molar-refractivity contribution in [2.45, 2.75) is 0 Å². The Morgan fingerprint density at radius 2 is 0.316 bits per heavy atom. The van der Waals surface area contributed by atoms with Crippen molar-refractivity contribution < 1.29 is 0 Å². The summed E-state index contributed by atoms with van der Waals surface area (Å²) in [6.07, 6.45) is 0. The van der Waals surface area contributed by atoms with Crippen LogP contribution in [0.3, 0.4) is 0 Å². The minimum atomic E-state index is -0.446. The Bertz CT molecular complexity index is 1860. The van der Waals surface area contributed by atoms with Gasteiger partial charge in [0.25, 0.3) is 0 Å². The summed E-state index contributed by atoms with van der Waals surface area (Å²) in [4.78, 5) is 0. The summed E-state index contributed by atoms with van der Waals surface area (Å²) >= 11 is 0. The monoisotopic (exact) mass is 766 g/mol. The largest absolute Gasteiger partial charge is 0.241 e. The van der Waals surface area contributed by atoms with Crippen molar-refractivity contribution >= 4 is 70.8 Å². The molecule has 0 aliphatic rings. The number of benzene rings is 9. The lowest BCUT2D eigenvalue weighted by Crippen LogP contribution is -2.51. The van der Waals surface area contributed by atoms with E-state index in [1.54, 1.807) is 0 Å². The lowest BCUT2D eigenvalue weighted by Gasteiger charge is -2.18. The van der Waals surface area contributed by atoms with E-state index in [0.29, 0.717) is 6.71 Å². The van der Waals surface area contributed by atoms with Gasteiger partial charge in [0, 0.05) is 0 Å². The molecule has 0 N–H and O–H groups in total. The van der Waals surface area contributed by atoms with Crippen LogP contribution in [0.5, 0.6) is 0 Å².